The molecule has 0 saturated heterocycles. The number of carbonyl (C=O) groups excluding carboxylic acids is 1. The van der Waals surface area contributed by atoms with Gasteiger partial charge >= 0.3 is 0 Å². The average Bonchev–Trinajstić information content (AvgIpc) is 2.38. The summed E-state index contributed by atoms with van der Waals surface area (Å²) in [6.07, 6.45) is 2.61. The lowest BCUT2D eigenvalue weighted by Gasteiger charge is -2.00. The third-order valence-electron chi connectivity index (χ3n) is 1.97. The fourth-order valence-corrected chi connectivity index (χ4v) is 1.33. The number of rotatable bonds is 0. The second-order valence-electron chi connectivity index (χ2n) is 2.72. The highest BCUT2D eigenvalue weighted by molar-refractivity contribution is 5.76. The number of nitrogens with zero attached hydrogens (tertiary/aromatic N) is 1. The van der Waals surface area contributed by atoms with Gasteiger partial charge in [-0.25, -0.2) is 0 Å². The van der Waals surface area contributed by atoms with Crippen LogP contribution in [0.25, 0.3) is 0 Å². The molecule has 1 aromatic heterocycles. The number of aromatic nitrogens is 1. The Hall–Kier alpha value is -1.25. The summed E-state index contributed by atoms with van der Waals surface area (Å²) in [5.74, 6) is 0.147. The van der Waals surface area contributed by atoms with Gasteiger partial charge in [-0.2, -0.15) is 0 Å². The summed E-state index contributed by atoms with van der Waals surface area (Å²) in [5, 5.41) is 2.83. The molecule has 0 bridgehead atoms. The number of carbonyl (C=O) groups is 1. The van der Waals surface area contributed by atoms with Crippen LogP contribution in [0.15, 0.2) is 18.3 Å². The van der Waals surface area contributed by atoms with Gasteiger partial charge in [0.25, 0.3) is 0 Å². The summed E-state index contributed by atoms with van der Waals surface area (Å²) < 4.78 is 2.11. The molecular formula is C8H10N2O. The minimum Gasteiger partial charge on any atom is -0.350 e. The van der Waals surface area contributed by atoms with Gasteiger partial charge in [-0.05, 0) is 12.1 Å². The molecule has 3 nitrogen and oxygen atoms in total. The summed E-state index contributed by atoms with van der Waals surface area (Å²) >= 11 is 0. The van der Waals surface area contributed by atoms with E-state index in [-0.39, 0.29) is 5.91 Å². The first kappa shape index (κ1) is 6.46. The van der Waals surface area contributed by atoms with Crippen LogP contribution in [0.4, 0.5) is 0 Å². The molecular weight excluding hydrogens is 140 g/mol. The van der Waals surface area contributed by atoms with Crippen LogP contribution in [-0.4, -0.2) is 10.5 Å². The largest absolute Gasteiger partial charge is 0.350 e. The van der Waals surface area contributed by atoms with Crippen molar-refractivity contribution in [3.8, 4) is 0 Å². The second-order valence-corrected chi connectivity index (χ2v) is 2.72. The van der Waals surface area contributed by atoms with E-state index in [1.807, 2.05) is 18.3 Å². The Labute approximate surface area is 65.0 Å². The molecule has 0 unspecified atom stereocenters. The first-order valence-electron chi connectivity index (χ1n) is 3.77. The Balaban J connectivity index is 2.27. The second kappa shape index (κ2) is 2.42. The molecule has 2 heterocycles. The van der Waals surface area contributed by atoms with E-state index in [1.54, 1.807) is 0 Å². The first-order valence-corrected chi connectivity index (χ1v) is 3.77. The van der Waals surface area contributed by atoms with Gasteiger partial charge in [0.05, 0.1) is 6.54 Å². The number of fused-ring (bicyclic) bond motifs is 1. The van der Waals surface area contributed by atoms with Crippen LogP contribution in [0.3, 0.4) is 0 Å². The summed E-state index contributed by atoms with van der Waals surface area (Å²) in [7, 11) is 0. The molecule has 0 saturated carbocycles. The lowest BCUT2D eigenvalue weighted by atomic mass is 10.4. The SMILES string of the molecule is O=C1CCn2cccc2CN1. The molecule has 1 aliphatic heterocycles. The van der Waals surface area contributed by atoms with E-state index >= 15 is 0 Å². The normalized spacial score (nSPS) is 16.9. The lowest BCUT2D eigenvalue weighted by Crippen LogP contribution is -2.19. The van der Waals surface area contributed by atoms with Gasteiger partial charge in [0.1, 0.15) is 0 Å². The zero-order valence-electron chi connectivity index (χ0n) is 6.21. The maximum Gasteiger partial charge on any atom is 0.222 e. The molecule has 3 heteroatoms. The lowest BCUT2D eigenvalue weighted by molar-refractivity contribution is -0.121. The third-order valence-corrected chi connectivity index (χ3v) is 1.97. The van der Waals surface area contributed by atoms with Crippen LogP contribution in [-0.2, 0) is 17.9 Å². The zero-order valence-corrected chi connectivity index (χ0v) is 6.21. The molecule has 1 amide bonds. The monoisotopic (exact) mass is 150 g/mol. The summed E-state index contributed by atoms with van der Waals surface area (Å²) in [6.45, 7) is 1.49. The molecule has 0 fully saturated rings. The standard InChI is InChI=1S/C8H10N2O/c11-8-3-5-10-4-1-2-7(10)6-9-8/h1-2,4H,3,5-6H2,(H,9,11). The molecule has 0 atom stereocenters. The number of aryl methyl sites for hydroxylation is 1. The highest BCUT2D eigenvalue weighted by atomic mass is 16.1. The Morgan fingerprint density at radius 1 is 1.55 bits per heavy atom. The van der Waals surface area contributed by atoms with Gasteiger partial charge in [-0.3, -0.25) is 4.79 Å². The van der Waals surface area contributed by atoms with Crippen LogP contribution in [0.5, 0.6) is 0 Å². The number of hydrogen-bond donors (Lipinski definition) is 1. The van der Waals surface area contributed by atoms with Crippen molar-refractivity contribution in [2.75, 3.05) is 0 Å². The summed E-state index contributed by atoms with van der Waals surface area (Å²) in [5.41, 5.74) is 1.19. The van der Waals surface area contributed by atoms with Gasteiger partial charge in [-0.1, -0.05) is 0 Å². The van der Waals surface area contributed by atoms with E-state index in [2.05, 4.69) is 9.88 Å². The Morgan fingerprint density at radius 3 is 3.36 bits per heavy atom. The minimum absolute atomic E-state index is 0.147. The Bertz CT molecular complexity index is 253. The number of nitrogens with one attached hydrogen (secondary N) is 1. The van der Waals surface area contributed by atoms with Crippen molar-refractivity contribution >= 4 is 5.91 Å². The Morgan fingerprint density at radius 2 is 2.45 bits per heavy atom. The quantitative estimate of drug-likeness (QED) is 0.574. The van der Waals surface area contributed by atoms with Gasteiger partial charge in [0.15, 0.2) is 0 Å². The molecule has 0 spiro atoms. The first-order chi connectivity index (χ1) is 5.36. The summed E-state index contributed by atoms with van der Waals surface area (Å²) in [6, 6.07) is 4.04. The van der Waals surface area contributed by atoms with E-state index in [4.69, 9.17) is 0 Å². The van der Waals surface area contributed by atoms with Crippen molar-refractivity contribution in [2.24, 2.45) is 0 Å². The fraction of sp³-hybridized carbons (Fsp3) is 0.375. The molecule has 11 heavy (non-hydrogen) atoms. The van der Waals surface area contributed by atoms with Crippen LogP contribution in [0, 0.1) is 0 Å². The van der Waals surface area contributed by atoms with E-state index in [0.717, 1.165) is 6.54 Å². The van der Waals surface area contributed by atoms with Crippen molar-refractivity contribution in [3.63, 3.8) is 0 Å². The third kappa shape index (κ3) is 1.13. The molecule has 0 radical (unpaired) electrons. The molecule has 58 valence electrons. The molecule has 1 aromatic rings. The molecule has 1 N–H and O–H groups in total. The number of amides is 1. The van der Waals surface area contributed by atoms with Crippen molar-refractivity contribution in [1.82, 2.24) is 9.88 Å². The van der Waals surface area contributed by atoms with E-state index in [1.165, 1.54) is 5.69 Å². The topological polar surface area (TPSA) is 34.0 Å². The van der Waals surface area contributed by atoms with Crippen molar-refractivity contribution in [1.29, 1.82) is 0 Å². The van der Waals surface area contributed by atoms with Crippen LogP contribution < -0.4 is 5.32 Å². The average molecular weight is 150 g/mol. The molecule has 1 aliphatic rings. The summed E-state index contributed by atoms with van der Waals surface area (Å²) in [4.78, 5) is 10.9. The smallest absolute Gasteiger partial charge is 0.222 e. The van der Waals surface area contributed by atoms with E-state index in [9.17, 15) is 4.79 Å². The minimum atomic E-state index is 0.147. The van der Waals surface area contributed by atoms with E-state index in [0.29, 0.717) is 13.0 Å². The number of hydrogen-bond acceptors (Lipinski definition) is 1. The van der Waals surface area contributed by atoms with Crippen LogP contribution in [0.2, 0.25) is 0 Å². The molecule has 2 rings (SSSR count). The maximum atomic E-state index is 10.9. The highest BCUT2D eigenvalue weighted by Crippen LogP contribution is 2.06. The van der Waals surface area contributed by atoms with Crippen molar-refractivity contribution in [2.45, 2.75) is 19.5 Å². The van der Waals surface area contributed by atoms with Gasteiger partial charge in [0.2, 0.25) is 5.91 Å². The van der Waals surface area contributed by atoms with Gasteiger partial charge in [-0.15, -0.1) is 0 Å². The van der Waals surface area contributed by atoms with Crippen molar-refractivity contribution in [3.05, 3.63) is 24.0 Å². The van der Waals surface area contributed by atoms with E-state index < -0.39 is 0 Å². The maximum absolute atomic E-state index is 10.9. The van der Waals surface area contributed by atoms with Gasteiger partial charge < -0.3 is 9.88 Å². The Kier molecular flexibility index (Phi) is 1.42. The predicted octanol–water partition coefficient (Wildman–Crippen LogP) is 0.508. The van der Waals surface area contributed by atoms with Crippen LogP contribution in [0.1, 0.15) is 12.1 Å². The predicted molar refractivity (Wildman–Crippen MR) is 40.9 cm³/mol. The molecule has 0 aromatic carbocycles. The highest BCUT2D eigenvalue weighted by Gasteiger charge is 2.09. The zero-order chi connectivity index (χ0) is 7.68. The fourth-order valence-electron chi connectivity index (χ4n) is 1.33. The molecule has 0 aliphatic carbocycles. The van der Waals surface area contributed by atoms with Crippen LogP contribution >= 0.6 is 0 Å². The van der Waals surface area contributed by atoms with Crippen molar-refractivity contribution < 1.29 is 4.79 Å². The van der Waals surface area contributed by atoms with Gasteiger partial charge in [0, 0.05) is 24.9 Å².